The van der Waals surface area contributed by atoms with Gasteiger partial charge in [0, 0.05) is 16.6 Å². The first-order chi connectivity index (χ1) is 9.29. The summed E-state index contributed by atoms with van der Waals surface area (Å²) in [6.07, 6.45) is 5.64. The van der Waals surface area contributed by atoms with Crippen molar-refractivity contribution in [3.05, 3.63) is 30.6 Å². The number of hydrogen-bond donors (Lipinski definition) is 2. The van der Waals surface area contributed by atoms with Crippen molar-refractivity contribution in [2.45, 2.75) is 42.3 Å². The van der Waals surface area contributed by atoms with Crippen LogP contribution >= 0.6 is 11.8 Å². The van der Waals surface area contributed by atoms with Crippen LogP contribution in [0.4, 0.5) is 5.69 Å². The molecule has 1 fully saturated rings. The predicted molar refractivity (Wildman–Crippen MR) is 77.4 cm³/mol. The molecule has 0 spiro atoms. The van der Waals surface area contributed by atoms with Gasteiger partial charge in [0.05, 0.1) is 0 Å². The number of benzene rings is 1. The van der Waals surface area contributed by atoms with Crippen molar-refractivity contribution in [3.63, 3.8) is 0 Å². The number of aromatic amines is 1. The molecule has 0 saturated heterocycles. The highest BCUT2D eigenvalue weighted by molar-refractivity contribution is 7.99. The van der Waals surface area contributed by atoms with Gasteiger partial charge >= 0.3 is 0 Å². The van der Waals surface area contributed by atoms with Crippen LogP contribution < -0.4 is 5.32 Å². The zero-order valence-electron chi connectivity index (χ0n) is 11.0. The largest absolute Gasteiger partial charge is 0.383 e. The first-order valence-electron chi connectivity index (χ1n) is 6.69. The van der Waals surface area contributed by atoms with E-state index in [0.717, 1.165) is 16.0 Å². The lowest BCUT2D eigenvalue weighted by molar-refractivity contribution is 0.642. The van der Waals surface area contributed by atoms with Gasteiger partial charge in [0.15, 0.2) is 5.16 Å². The standard InChI is InChI=1S/C14H18N4S/c1-10(8-11-2-3-11)17-12-4-6-13(7-5-12)19-14-15-9-16-18-14/h4-7,9-11,17H,2-3,8H2,1H3,(H,15,16,18). The zero-order chi connectivity index (χ0) is 13.1. The molecule has 1 aliphatic rings. The molecule has 0 amide bonds. The minimum Gasteiger partial charge on any atom is -0.383 e. The highest BCUT2D eigenvalue weighted by Crippen LogP contribution is 2.34. The Morgan fingerprint density at radius 3 is 2.79 bits per heavy atom. The molecule has 1 saturated carbocycles. The highest BCUT2D eigenvalue weighted by atomic mass is 32.2. The molecule has 5 heteroatoms. The van der Waals surface area contributed by atoms with Gasteiger partial charge < -0.3 is 5.32 Å². The summed E-state index contributed by atoms with van der Waals surface area (Å²) in [7, 11) is 0. The molecule has 0 radical (unpaired) electrons. The summed E-state index contributed by atoms with van der Waals surface area (Å²) in [5.74, 6) is 0.962. The average molecular weight is 274 g/mol. The molecule has 1 aromatic heterocycles. The Bertz CT molecular complexity index is 505. The van der Waals surface area contributed by atoms with E-state index >= 15 is 0 Å². The third-order valence-electron chi connectivity index (χ3n) is 3.26. The van der Waals surface area contributed by atoms with Gasteiger partial charge in [-0.15, -0.1) is 0 Å². The molecule has 4 nitrogen and oxygen atoms in total. The van der Waals surface area contributed by atoms with Gasteiger partial charge in [0.2, 0.25) is 0 Å². The Morgan fingerprint density at radius 1 is 1.37 bits per heavy atom. The molecular weight excluding hydrogens is 256 g/mol. The Balaban J connectivity index is 1.55. The molecule has 19 heavy (non-hydrogen) atoms. The molecule has 1 aliphatic carbocycles. The van der Waals surface area contributed by atoms with E-state index in [0.29, 0.717) is 6.04 Å². The second-order valence-corrected chi connectivity index (χ2v) is 6.20. The maximum atomic E-state index is 4.10. The number of H-pyrrole nitrogens is 1. The number of nitrogens with one attached hydrogen (secondary N) is 2. The lowest BCUT2D eigenvalue weighted by atomic mass is 10.1. The predicted octanol–water partition coefficient (Wildman–Crippen LogP) is 3.56. The number of anilines is 1. The zero-order valence-corrected chi connectivity index (χ0v) is 11.8. The minimum atomic E-state index is 0.556. The molecule has 100 valence electrons. The summed E-state index contributed by atoms with van der Waals surface area (Å²) in [4.78, 5) is 5.27. The fourth-order valence-corrected chi connectivity index (χ4v) is 2.86. The third-order valence-corrected chi connectivity index (χ3v) is 4.16. The van der Waals surface area contributed by atoms with E-state index in [1.165, 1.54) is 31.3 Å². The van der Waals surface area contributed by atoms with E-state index in [2.05, 4.69) is 51.7 Å². The lowest BCUT2D eigenvalue weighted by Crippen LogP contribution is -2.15. The van der Waals surface area contributed by atoms with Crippen molar-refractivity contribution >= 4 is 17.4 Å². The van der Waals surface area contributed by atoms with Crippen LogP contribution in [0.1, 0.15) is 26.2 Å². The number of hydrogen-bond acceptors (Lipinski definition) is 4. The van der Waals surface area contributed by atoms with Crippen LogP contribution in [-0.2, 0) is 0 Å². The van der Waals surface area contributed by atoms with Gasteiger partial charge in [-0.05, 0) is 43.5 Å². The van der Waals surface area contributed by atoms with Crippen molar-refractivity contribution < 1.29 is 0 Å². The summed E-state index contributed by atoms with van der Waals surface area (Å²) in [6.45, 7) is 2.26. The molecular formula is C14H18N4S. The van der Waals surface area contributed by atoms with Gasteiger partial charge in [-0.25, -0.2) is 4.98 Å². The van der Waals surface area contributed by atoms with Gasteiger partial charge in [-0.2, -0.15) is 5.10 Å². The Labute approximate surface area is 117 Å². The number of rotatable bonds is 6. The molecule has 1 aromatic carbocycles. The quantitative estimate of drug-likeness (QED) is 0.845. The van der Waals surface area contributed by atoms with Gasteiger partial charge in [0.25, 0.3) is 0 Å². The van der Waals surface area contributed by atoms with E-state index in [4.69, 9.17) is 0 Å². The van der Waals surface area contributed by atoms with Gasteiger partial charge in [0.1, 0.15) is 6.33 Å². The molecule has 1 heterocycles. The van der Waals surface area contributed by atoms with Crippen molar-refractivity contribution in [3.8, 4) is 0 Å². The summed E-state index contributed by atoms with van der Waals surface area (Å²) in [5, 5.41) is 11.1. The van der Waals surface area contributed by atoms with E-state index in [1.807, 2.05) is 0 Å². The minimum absolute atomic E-state index is 0.556. The summed E-state index contributed by atoms with van der Waals surface area (Å²) in [6, 6.07) is 9.03. The molecule has 0 bridgehead atoms. The summed E-state index contributed by atoms with van der Waals surface area (Å²) < 4.78 is 0. The normalized spacial score (nSPS) is 16.3. The topological polar surface area (TPSA) is 53.6 Å². The fourth-order valence-electron chi connectivity index (χ4n) is 2.17. The molecule has 2 aromatic rings. The summed E-state index contributed by atoms with van der Waals surface area (Å²) in [5.41, 5.74) is 1.19. The maximum Gasteiger partial charge on any atom is 0.188 e. The third kappa shape index (κ3) is 3.73. The van der Waals surface area contributed by atoms with Crippen LogP contribution in [-0.4, -0.2) is 21.2 Å². The smallest absolute Gasteiger partial charge is 0.188 e. The van der Waals surface area contributed by atoms with Gasteiger partial charge in [-0.3, -0.25) is 5.10 Å². The Hall–Kier alpha value is -1.49. The monoisotopic (exact) mass is 274 g/mol. The Morgan fingerprint density at radius 2 is 2.16 bits per heavy atom. The molecule has 1 unspecified atom stereocenters. The average Bonchev–Trinajstić information content (AvgIpc) is 3.05. The molecule has 0 aliphatic heterocycles. The van der Waals surface area contributed by atoms with Gasteiger partial charge in [-0.1, -0.05) is 24.6 Å². The second-order valence-electron chi connectivity index (χ2n) is 5.14. The van der Waals surface area contributed by atoms with Crippen LogP contribution in [0.5, 0.6) is 0 Å². The molecule has 3 rings (SSSR count). The number of nitrogens with zero attached hydrogens (tertiary/aromatic N) is 2. The summed E-state index contributed by atoms with van der Waals surface area (Å²) >= 11 is 1.59. The van der Waals surface area contributed by atoms with Crippen molar-refractivity contribution in [1.82, 2.24) is 15.2 Å². The van der Waals surface area contributed by atoms with E-state index in [9.17, 15) is 0 Å². The van der Waals surface area contributed by atoms with E-state index in [1.54, 1.807) is 11.8 Å². The SMILES string of the molecule is CC(CC1CC1)Nc1ccc(Sc2ncn[nH]2)cc1. The molecule has 1 atom stereocenters. The van der Waals surface area contributed by atoms with Crippen LogP contribution in [0.2, 0.25) is 0 Å². The first-order valence-corrected chi connectivity index (χ1v) is 7.51. The van der Waals surface area contributed by atoms with Crippen LogP contribution in [0.15, 0.2) is 40.6 Å². The second kappa shape index (κ2) is 5.65. The maximum absolute atomic E-state index is 4.10. The van der Waals surface area contributed by atoms with Crippen molar-refractivity contribution in [2.24, 2.45) is 5.92 Å². The molecule has 2 N–H and O–H groups in total. The van der Waals surface area contributed by atoms with Crippen LogP contribution in [0, 0.1) is 5.92 Å². The van der Waals surface area contributed by atoms with Crippen LogP contribution in [0.3, 0.4) is 0 Å². The van der Waals surface area contributed by atoms with Crippen molar-refractivity contribution in [1.29, 1.82) is 0 Å². The number of aromatic nitrogens is 3. The fraction of sp³-hybridized carbons (Fsp3) is 0.429. The first kappa shape index (κ1) is 12.5. The lowest BCUT2D eigenvalue weighted by Gasteiger charge is -2.14. The highest BCUT2D eigenvalue weighted by Gasteiger charge is 2.23. The van der Waals surface area contributed by atoms with Crippen molar-refractivity contribution in [2.75, 3.05) is 5.32 Å². The van der Waals surface area contributed by atoms with E-state index in [-0.39, 0.29) is 0 Å². The van der Waals surface area contributed by atoms with Crippen LogP contribution in [0.25, 0.3) is 0 Å². The van der Waals surface area contributed by atoms with E-state index < -0.39 is 0 Å². The Kier molecular flexibility index (Phi) is 3.73.